The second-order valence-electron chi connectivity index (χ2n) is 11.9. The van der Waals surface area contributed by atoms with Crippen LogP contribution in [-0.4, -0.2) is 69.0 Å². The third-order valence-electron chi connectivity index (χ3n) is 8.35. The standard InChI is InChI=1S/C32H49NO7/c1-17(2)25(13-19(4)31(34)39-16-22(7)33-20(5)14-38-15-21(33)6)12-18(3)26-29(36-10)23(8)27-24(9)40-32(35)28(27)30(26)37-11/h12,17-22,24H,13-16H2,1-11H3/b25-12-. The van der Waals surface area contributed by atoms with Gasteiger partial charge in [-0.25, -0.2) is 4.79 Å². The van der Waals surface area contributed by atoms with Gasteiger partial charge in [-0.2, -0.15) is 0 Å². The smallest absolute Gasteiger partial charge is 0.342 e. The van der Waals surface area contributed by atoms with Gasteiger partial charge in [0.15, 0.2) is 0 Å². The average molecular weight is 560 g/mol. The first kappa shape index (κ1) is 31.9. The van der Waals surface area contributed by atoms with Crippen LogP contribution in [0.2, 0.25) is 0 Å². The lowest BCUT2D eigenvalue weighted by atomic mass is 9.85. The molecule has 1 aromatic rings. The second-order valence-corrected chi connectivity index (χ2v) is 11.9. The highest BCUT2D eigenvalue weighted by Crippen LogP contribution is 2.49. The van der Waals surface area contributed by atoms with Crippen LogP contribution in [-0.2, 0) is 19.0 Å². The summed E-state index contributed by atoms with van der Waals surface area (Å²) >= 11 is 0. The molecule has 8 nitrogen and oxygen atoms in total. The Hall–Kier alpha value is -2.58. The minimum Gasteiger partial charge on any atom is -0.496 e. The zero-order chi connectivity index (χ0) is 29.9. The van der Waals surface area contributed by atoms with Gasteiger partial charge in [-0.05, 0) is 52.5 Å². The molecule has 0 amide bonds. The summed E-state index contributed by atoms with van der Waals surface area (Å²) in [7, 11) is 3.21. The third-order valence-corrected chi connectivity index (χ3v) is 8.35. The molecule has 0 bridgehead atoms. The summed E-state index contributed by atoms with van der Waals surface area (Å²) in [6, 6.07) is 0.685. The third kappa shape index (κ3) is 6.49. The molecule has 6 atom stereocenters. The van der Waals surface area contributed by atoms with Gasteiger partial charge in [0.25, 0.3) is 0 Å². The van der Waals surface area contributed by atoms with Crippen molar-refractivity contribution in [2.75, 3.05) is 34.0 Å². The van der Waals surface area contributed by atoms with Gasteiger partial charge < -0.3 is 23.7 Å². The maximum absolute atomic E-state index is 13.1. The van der Waals surface area contributed by atoms with E-state index in [1.54, 1.807) is 14.2 Å². The minimum atomic E-state index is -0.377. The molecule has 224 valence electrons. The lowest BCUT2D eigenvalue weighted by molar-refractivity contribution is -0.151. The zero-order valence-corrected chi connectivity index (χ0v) is 26.3. The molecule has 0 aliphatic carbocycles. The number of hydrogen-bond donors (Lipinski definition) is 0. The predicted octanol–water partition coefficient (Wildman–Crippen LogP) is 6.00. The molecule has 1 fully saturated rings. The molecule has 0 saturated carbocycles. The first-order chi connectivity index (χ1) is 18.8. The van der Waals surface area contributed by atoms with Gasteiger partial charge in [-0.3, -0.25) is 9.69 Å². The molecule has 3 rings (SSSR count). The molecule has 0 spiro atoms. The summed E-state index contributed by atoms with van der Waals surface area (Å²) in [6.07, 6.45) is 2.39. The van der Waals surface area contributed by atoms with Crippen molar-refractivity contribution in [3.05, 3.63) is 33.9 Å². The number of hydrogen-bond acceptors (Lipinski definition) is 8. The summed E-state index contributed by atoms with van der Waals surface area (Å²) in [6.45, 7) is 20.2. The highest BCUT2D eigenvalue weighted by atomic mass is 16.6. The number of methoxy groups -OCH3 is 2. The van der Waals surface area contributed by atoms with Crippen LogP contribution in [0, 0.1) is 18.8 Å². The predicted molar refractivity (Wildman–Crippen MR) is 155 cm³/mol. The van der Waals surface area contributed by atoms with Gasteiger partial charge in [0.2, 0.25) is 0 Å². The largest absolute Gasteiger partial charge is 0.496 e. The Balaban J connectivity index is 1.80. The van der Waals surface area contributed by atoms with Crippen LogP contribution in [0.5, 0.6) is 11.5 Å². The summed E-state index contributed by atoms with van der Waals surface area (Å²) in [5.41, 5.74) is 4.12. The van der Waals surface area contributed by atoms with Gasteiger partial charge in [0.1, 0.15) is 29.8 Å². The van der Waals surface area contributed by atoms with Gasteiger partial charge in [-0.15, -0.1) is 0 Å². The lowest BCUT2D eigenvalue weighted by Gasteiger charge is -2.42. The Morgan fingerprint density at radius 2 is 1.62 bits per heavy atom. The fourth-order valence-electron chi connectivity index (χ4n) is 6.40. The maximum atomic E-state index is 13.1. The first-order valence-corrected chi connectivity index (χ1v) is 14.5. The molecule has 0 aromatic heterocycles. The van der Waals surface area contributed by atoms with Crippen molar-refractivity contribution in [2.24, 2.45) is 11.8 Å². The number of carbonyl (C=O) groups is 2. The first-order valence-electron chi connectivity index (χ1n) is 14.5. The number of allylic oxidation sites excluding steroid dienone is 2. The van der Waals surface area contributed by atoms with E-state index >= 15 is 0 Å². The van der Waals surface area contributed by atoms with Gasteiger partial charge in [-0.1, -0.05) is 39.3 Å². The molecule has 1 aromatic carbocycles. The lowest BCUT2D eigenvalue weighted by Crippen LogP contribution is -2.54. The van der Waals surface area contributed by atoms with Crippen molar-refractivity contribution in [3.8, 4) is 11.5 Å². The Morgan fingerprint density at radius 1 is 1.02 bits per heavy atom. The number of esters is 2. The molecule has 6 unspecified atom stereocenters. The fourth-order valence-corrected chi connectivity index (χ4v) is 6.40. The highest BCUT2D eigenvalue weighted by molar-refractivity contribution is 5.99. The summed E-state index contributed by atoms with van der Waals surface area (Å²) < 4.78 is 28.7. The van der Waals surface area contributed by atoms with Crippen LogP contribution in [0.3, 0.4) is 0 Å². The van der Waals surface area contributed by atoms with Gasteiger partial charge in [0.05, 0.1) is 33.4 Å². The number of carbonyl (C=O) groups excluding carboxylic acids is 2. The van der Waals surface area contributed by atoms with Crippen molar-refractivity contribution in [1.82, 2.24) is 4.90 Å². The zero-order valence-electron chi connectivity index (χ0n) is 26.3. The number of benzene rings is 1. The minimum absolute atomic E-state index is 0.113. The quantitative estimate of drug-likeness (QED) is 0.241. The van der Waals surface area contributed by atoms with Crippen LogP contribution in [0.1, 0.15) is 101 Å². The topological polar surface area (TPSA) is 83.5 Å². The normalized spacial score (nSPS) is 23.9. The number of cyclic esters (lactones) is 1. The Morgan fingerprint density at radius 3 is 2.17 bits per heavy atom. The number of rotatable bonds is 11. The molecule has 2 heterocycles. The number of nitrogens with zero attached hydrogens (tertiary/aromatic N) is 1. The van der Waals surface area contributed by atoms with Gasteiger partial charge >= 0.3 is 11.9 Å². The molecular weight excluding hydrogens is 510 g/mol. The molecule has 2 aliphatic heterocycles. The molecule has 1 saturated heterocycles. The van der Waals surface area contributed by atoms with E-state index in [1.165, 1.54) is 0 Å². The SMILES string of the molecule is COc1c(C)c2c(c(OC)c1C(C)/C=C(/CC(C)C(=O)OCC(C)N1C(C)COCC1C)C(C)C)C(=O)OC2C. The van der Waals surface area contributed by atoms with E-state index < -0.39 is 0 Å². The molecule has 40 heavy (non-hydrogen) atoms. The Labute approximate surface area is 240 Å². The second kappa shape index (κ2) is 13.4. The van der Waals surface area contributed by atoms with Gasteiger partial charge in [0, 0.05) is 35.2 Å². The Kier molecular flexibility index (Phi) is 10.7. The monoisotopic (exact) mass is 559 g/mol. The highest BCUT2D eigenvalue weighted by Gasteiger charge is 2.38. The van der Waals surface area contributed by atoms with Crippen LogP contribution in [0.15, 0.2) is 11.6 Å². The van der Waals surface area contributed by atoms with E-state index in [4.69, 9.17) is 23.7 Å². The van der Waals surface area contributed by atoms with E-state index in [0.29, 0.717) is 43.3 Å². The van der Waals surface area contributed by atoms with Crippen molar-refractivity contribution < 1.29 is 33.3 Å². The van der Waals surface area contributed by atoms with E-state index in [-0.39, 0.29) is 53.9 Å². The molecular formula is C32H49NO7. The fraction of sp³-hybridized carbons (Fsp3) is 0.688. The summed E-state index contributed by atoms with van der Waals surface area (Å²) in [5, 5.41) is 0. The Bertz CT molecular complexity index is 1100. The van der Waals surface area contributed by atoms with E-state index in [0.717, 1.165) is 22.3 Å². The summed E-state index contributed by atoms with van der Waals surface area (Å²) in [5.74, 6) is 0.394. The van der Waals surface area contributed by atoms with Crippen molar-refractivity contribution in [3.63, 3.8) is 0 Å². The van der Waals surface area contributed by atoms with Crippen LogP contribution in [0.25, 0.3) is 0 Å². The number of ether oxygens (including phenoxy) is 5. The summed E-state index contributed by atoms with van der Waals surface area (Å²) in [4.78, 5) is 28.2. The molecule has 2 aliphatic rings. The van der Waals surface area contributed by atoms with Crippen LogP contribution >= 0.6 is 0 Å². The van der Waals surface area contributed by atoms with E-state index in [9.17, 15) is 9.59 Å². The van der Waals surface area contributed by atoms with Crippen molar-refractivity contribution in [2.45, 2.75) is 98.9 Å². The van der Waals surface area contributed by atoms with E-state index in [1.807, 2.05) is 20.8 Å². The maximum Gasteiger partial charge on any atom is 0.342 e. The van der Waals surface area contributed by atoms with Crippen molar-refractivity contribution >= 4 is 11.9 Å². The number of fused-ring (bicyclic) bond motifs is 1. The van der Waals surface area contributed by atoms with E-state index in [2.05, 4.69) is 52.5 Å². The van der Waals surface area contributed by atoms with Crippen LogP contribution in [0.4, 0.5) is 0 Å². The number of morpholine rings is 1. The molecule has 0 radical (unpaired) electrons. The molecule has 8 heteroatoms. The molecule has 0 N–H and O–H groups in total. The average Bonchev–Trinajstić information content (AvgIpc) is 3.20. The van der Waals surface area contributed by atoms with Crippen molar-refractivity contribution in [1.29, 1.82) is 0 Å². The van der Waals surface area contributed by atoms with Crippen LogP contribution < -0.4 is 9.47 Å².